The Morgan fingerprint density at radius 1 is 1.27 bits per heavy atom. The molecule has 8 heteroatoms. The van der Waals surface area contributed by atoms with Gasteiger partial charge in [-0.05, 0) is 35.5 Å². The molecule has 1 atom stereocenters. The van der Waals surface area contributed by atoms with Crippen LogP contribution in [0.3, 0.4) is 0 Å². The molecule has 0 spiro atoms. The third-order valence-corrected chi connectivity index (χ3v) is 5.41. The van der Waals surface area contributed by atoms with Crippen LogP contribution in [-0.2, 0) is 0 Å². The van der Waals surface area contributed by atoms with Gasteiger partial charge in [-0.1, -0.05) is 12.1 Å². The Hall–Kier alpha value is -2.29. The molecule has 1 aliphatic rings. The number of nitrogens with one attached hydrogen (secondary N) is 1. The minimum absolute atomic E-state index is 0.0710. The number of benzene rings is 1. The van der Waals surface area contributed by atoms with Crippen molar-refractivity contribution in [1.29, 1.82) is 0 Å². The van der Waals surface area contributed by atoms with Crippen molar-refractivity contribution in [3.63, 3.8) is 0 Å². The van der Waals surface area contributed by atoms with Gasteiger partial charge in [0.2, 0.25) is 0 Å². The number of piperazine rings is 1. The van der Waals surface area contributed by atoms with E-state index >= 15 is 0 Å². The van der Waals surface area contributed by atoms with E-state index in [0.29, 0.717) is 6.54 Å². The molecule has 1 N–H and O–H groups in total. The number of nitrogens with zero attached hydrogens (tertiary/aromatic N) is 3. The van der Waals surface area contributed by atoms with E-state index in [1.807, 2.05) is 5.38 Å². The van der Waals surface area contributed by atoms with E-state index in [0.717, 1.165) is 26.2 Å². The van der Waals surface area contributed by atoms with Gasteiger partial charge in [-0.25, -0.2) is 0 Å². The zero-order chi connectivity index (χ0) is 18.5. The second kappa shape index (κ2) is 8.39. The number of rotatable bonds is 6. The molecule has 1 amide bonds. The Morgan fingerprint density at radius 3 is 2.65 bits per heavy atom. The minimum atomic E-state index is -0.522. The molecule has 7 nitrogen and oxygen atoms in total. The lowest BCUT2D eigenvalue weighted by Gasteiger charge is -2.38. The maximum absolute atomic E-state index is 12.5. The van der Waals surface area contributed by atoms with Crippen LogP contribution < -0.4 is 5.32 Å². The largest absolute Gasteiger partial charge is 0.350 e. The van der Waals surface area contributed by atoms with Gasteiger partial charge >= 0.3 is 0 Å². The Labute approximate surface area is 156 Å². The summed E-state index contributed by atoms with van der Waals surface area (Å²) in [5, 5.41) is 18.2. The van der Waals surface area contributed by atoms with Gasteiger partial charge in [-0.2, -0.15) is 11.3 Å². The van der Waals surface area contributed by atoms with Crippen molar-refractivity contribution >= 4 is 22.9 Å². The number of nitro benzene ring substituents is 1. The zero-order valence-electron chi connectivity index (χ0n) is 14.6. The fourth-order valence-corrected chi connectivity index (χ4v) is 3.87. The molecule has 3 rings (SSSR count). The van der Waals surface area contributed by atoms with Crippen LogP contribution in [-0.4, -0.2) is 60.4 Å². The van der Waals surface area contributed by atoms with Crippen molar-refractivity contribution in [3.8, 4) is 0 Å². The SMILES string of the molecule is CN1CCN(C(CNC(=O)c2ccccc2[N+](=O)[O-])c2ccsc2)CC1. The van der Waals surface area contributed by atoms with Gasteiger partial charge in [0.05, 0.1) is 11.0 Å². The molecule has 2 heterocycles. The van der Waals surface area contributed by atoms with E-state index in [2.05, 4.69) is 33.6 Å². The molecule has 1 saturated heterocycles. The van der Waals surface area contributed by atoms with Gasteiger partial charge in [0.25, 0.3) is 11.6 Å². The lowest BCUT2D eigenvalue weighted by molar-refractivity contribution is -0.385. The lowest BCUT2D eigenvalue weighted by Crippen LogP contribution is -2.48. The lowest BCUT2D eigenvalue weighted by atomic mass is 10.1. The van der Waals surface area contributed by atoms with E-state index in [-0.39, 0.29) is 17.3 Å². The highest BCUT2D eigenvalue weighted by atomic mass is 32.1. The molecule has 0 aliphatic carbocycles. The average molecular weight is 374 g/mol. The van der Waals surface area contributed by atoms with Crippen LogP contribution in [0.25, 0.3) is 0 Å². The standard InChI is InChI=1S/C18H22N4O3S/c1-20-7-9-21(10-8-20)17(14-6-11-26-13-14)12-19-18(23)15-4-2-3-5-16(15)22(24)25/h2-6,11,13,17H,7-10,12H2,1H3,(H,19,23). The third-order valence-electron chi connectivity index (χ3n) is 4.71. The van der Waals surface area contributed by atoms with Crippen LogP contribution in [0.15, 0.2) is 41.1 Å². The smallest absolute Gasteiger partial charge is 0.282 e. The highest BCUT2D eigenvalue weighted by Gasteiger charge is 2.26. The van der Waals surface area contributed by atoms with E-state index in [1.54, 1.807) is 23.5 Å². The normalized spacial score (nSPS) is 17.0. The molecule has 1 aromatic carbocycles. The van der Waals surface area contributed by atoms with Gasteiger partial charge in [0.15, 0.2) is 0 Å². The van der Waals surface area contributed by atoms with Gasteiger partial charge in [-0.15, -0.1) is 0 Å². The van der Waals surface area contributed by atoms with Crippen molar-refractivity contribution in [2.24, 2.45) is 0 Å². The van der Waals surface area contributed by atoms with Crippen molar-refractivity contribution < 1.29 is 9.72 Å². The van der Waals surface area contributed by atoms with Gasteiger partial charge in [0, 0.05) is 38.8 Å². The van der Waals surface area contributed by atoms with Crippen molar-refractivity contribution in [2.75, 3.05) is 39.8 Å². The first-order valence-electron chi connectivity index (χ1n) is 8.52. The number of carbonyl (C=O) groups is 1. The second-order valence-corrected chi connectivity index (χ2v) is 7.18. The molecule has 1 aromatic heterocycles. The number of nitro groups is 1. The fourth-order valence-electron chi connectivity index (χ4n) is 3.17. The minimum Gasteiger partial charge on any atom is -0.350 e. The molecule has 0 saturated carbocycles. The molecule has 1 fully saturated rings. The molecular weight excluding hydrogens is 352 g/mol. The van der Waals surface area contributed by atoms with Gasteiger partial charge in [0.1, 0.15) is 5.56 Å². The summed E-state index contributed by atoms with van der Waals surface area (Å²) in [7, 11) is 2.10. The summed E-state index contributed by atoms with van der Waals surface area (Å²) in [6.07, 6.45) is 0. The molecule has 1 unspecified atom stereocenters. The highest BCUT2D eigenvalue weighted by molar-refractivity contribution is 7.07. The Kier molecular flexibility index (Phi) is 5.97. The number of amides is 1. The summed E-state index contributed by atoms with van der Waals surface area (Å²) in [6.45, 7) is 4.25. The topological polar surface area (TPSA) is 78.7 Å². The number of para-hydroxylation sites is 1. The molecule has 0 radical (unpaired) electrons. The van der Waals surface area contributed by atoms with E-state index < -0.39 is 10.8 Å². The first-order valence-corrected chi connectivity index (χ1v) is 9.47. The van der Waals surface area contributed by atoms with Crippen LogP contribution in [0.2, 0.25) is 0 Å². The molecule has 2 aromatic rings. The van der Waals surface area contributed by atoms with Crippen LogP contribution in [0.4, 0.5) is 5.69 Å². The maximum atomic E-state index is 12.5. The van der Waals surface area contributed by atoms with Gasteiger partial charge in [-0.3, -0.25) is 19.8 Å². The second-order valence-electron chi connectivity index (χ2n) is 6.40. The Balaban J connectivity index is 1.72. The fraction of sp³-hybridized carbons (Fsp3) is 0.389. The predicted octanol–water partition coefficient (Wildman–Crippen LogP) is 2.37. The maximum Gasteiger partial charge on any atom is 0.282 e. The van der Waals surface area contributed by atoms with E-state index in [1.165, 1.54) is 17.7 Å². The third kappa shape index (κ3) is 4.27. The summed E-state index contributed by atoms with van der Waals surface area (Å²) >= 11 is 1.63. The number of carbonyl (C=O) groups excluding carboxylic acids is 1. The molecule has 0 bridgehead atoms. The number of likely N-dealkylation sites (N-methyl/N-ethyl adjacent to an activating group) is 1. The van der Waals surface area contributed by atoms with Gasteiger partial charge < -0.3 is 10.2 Å². The van der Waals surface area contributed by atoms with E-state index in [9.17, 15) is 14.9 Å². The zero-order valence-corrected chi connectivity index (χ0v) is 15.4. The van der Waals surface area contributed by atoms with Crippen molar-refractivity contribution in [1.82, 2.24) is 15.1 Å². The first kappa shape index (κ1) is 18.5. The molecular formula is C18H22N4O3S. The van der Waals surface area contributed by atoms with E-state index in [4.69, 9.17) is 0 Å². The molecule has 138 valence electrons. The monoisotopic (exact) mass is 374 g/mol. The Bertz CT molecular complexity index is 758. The van der Waals surface area contributed by atoms with Crippen LogP contribution >= 0.6 is 11.3 Å². The summed E-state index contributed by atoms with van der Waals surface area (Å²) in [5.74, 6) is -0.411. The number of hydrogen-bond acceptors (Lipinski definition) is 6. The van der Waals surface area contributed by atoms with Crippen LogP contribution in [0, 0.1) is 10.1 Å². The summed E-state index contributed by atoms with van der Waals surface area (Å²) in [4.78, 5) is 27.8. The first-order chi connectivity index (χ1) is 12.6. The number of thiophene rings is 1. The number of hydrogen-bond donors (Lipinski definition) is 1. The molecule has 26 heavy (non-hydrogen) atoms. The summed E-state index contributed by atoms with van der Waals surface area (Å²) in [5.41, 5.74) is 1.10. The Morgan fingerprint density at radius 2 is 2.00 bits per heavy atom. The average Bonchev–Trinajstić information content (AvgIpc) is 3.17. The highest BCUT2D eigenvalue weighted by Crippen LogP contribution is 2.24. The van der Waals surface area contributed by atoms with Crippen molar-refractivity contribution in [2.45, 2.75) is 6.04 Å². The van der Waals surface area contributed by atoms with Crippen molar-refractivity contribution in [3.05, 3.63) is 62.3 Å². The molecule has 1 aliphatic heterocycles. The van der Waals surface area contributed by atoms with Crippen LogP contribution in [0.5, 0.6) is 0 Å². The summed E-state index contributed by atoms with van der Waals surface area (Å²) in [6, 6.07) is 8.19. The predicted molar refractivity (Wildman–Crippen MR) is 102 cm³/mol. The summed E-state index contributed by atoms with van der Waals surface area (Å²) < 4.78 is 0. The van der Waals surface area contributed by atoms with Crippen LogP contribution in [0.1, 0.15) is 22.0 Å². The quantitative estimate of drug-likeness (QED) is 0.620.